The highest BCUT2D eigenvalue weighted by molar-refractivity contribution is 6.06. The van der Waals surface area contributed by atoms with Crippen molar-refractivity contribution >= 4 is 34.3 Å². The van der Waals surface area contributed by atoms with Crippen LogP contribution in [-0.2, 0) is 11.3 Å². The largest absolute Gasteiger partial charge is 0.487 e. The lowest BCUT2D eigenvalue weighted by Gasteiger charge is -2.20. The quantitative estimate of drug-likeness (QED) is 0.194. The number of aromatic nitrogens is 3. The molecule has 224 valence electrons. The number of benzene rings is 3. The summed E-state index contributed by atoms with van der Waals surface area (Å²) in [5.41, 5.74) is 4.90. The Hall–Kier alpha value is -5.51. The number of para-hydroxylation sites is 2. The number of ether oxygens (including phenoxy) is 3. The molecule has 0 bridgehead atoms. The first-order valence-electron chi connectivity index (χ1n) is 14.0. The lowest BCUT2D eigenvalue weighted by Crippen LogP contribution is -2.27. The van der Waals surface area contributed by atoms with E-state index >= 15 is 0 Å². The number of aryl methyl sites for hydroxylation is 1. The Balaban J connectivity index is 1.30. The smallest absolute Gasteiger partial charge is 0.412 e. The molecule has 44 heavy (non-hydrogen) atoms. The highest BCUT2D eigenvalue weighted by Gasteiger charge is 2.18. The second-order valence-corrected chi connectivity index (χ2v) is 11.0. The molecule has 5 aromatic rings. The second kappa shape index (κ2) is 12.8. The second-order valence-electron chi connectivity index (χ2n) is 11.0. The van der Waals surface area contributed by atoms with Gasteiger partial charge in [0.05, 0.1) is 18.5 Å². The van der Waals surface area contributed by atoms with Gasteiger partial charge in [0.25, 0.3) is 5.91 Å². The van der Waals surface area contributed by atoms with E-state index in [0.29, 0.717) is 34.1 Å². The SMILES string of the molecule is COc1ccc(-c2cc(OCc3ccc(C(=O)Nc4ccccc4NC(=O)OC(C)(C)C)cc3)c3ncnc(C)c3c2)cn1. The van der Waals surface area contributed by atoms with Gasteiger partial charge in [-0.2, -0.15) is 0 Å². The van der Waals surface area contributed by atoms with Gasteiger partial charge < -0.3 is 19.5 Å². The molecule has 0 atom stereocenters. The Morgan fingerprint density at radius 3 is 2.23 bits per heavy atom. The van der Waals surface area contributed by atoms with Gasteiger partial charge in [0.15, 0.2) is 0 Å². The fraction of sp³-hybridized carbons (Fsp3) is 0.206. The molecule has 0 saturated heterocycles. The number of hydrogen-bond acceptors (Lipinski definition) is 8. The maximum Gasteiger partial charge on any atom is 0.412 e. The fourth-order valence-electron chi connectivity index (χ4n) is 4.43. The maximum atomic E-state index is 13.0. The number of pyridine rings is 1. The maximum absolute atomic E-state index is 13.0. The van der Waals surface area contributed by atoms with E-state index in [0.717, 1.165) is 27.8 Å². The van der Waals surface area contributed by atoms with Crippen LogP contribution in [0.15, 0.2) is 85.3 Å². The number of methoxy groups -OCH3 is 1. The Bertz CT molecular complexity index is 1800. The van der Waals surface area contributed by atoms with Gasteiger partial charge in [0.1, 0.15) is 29.8 Å². The molecule has 0 unspecified atom stereocenters. The number of rotatable bonds is 8. The molecular formula is C34H33N5O5. The molecule has 10 nitrogen and oxygen atoms in total. The van der Waals surface area contributed by atoms with Gasteiger partial charge in [-0.3, -0.25) is 10.1 Å². The van der Waals surface area contributed by atoms with Crippen LogP contribution in [0.5, 0.6) is 11.6 Å². The molecule has 10 heteroatoms. The van der Waals surface area contributed by atoms with E-state index in [4.69, 9.17) is 14.2 Å². The summed E-state index contributed by atoms with van der Waals surface area (Å²) < 4.78 is 16.8. The summed E-state index contributed by atoms with van der Waals surface area (Å²) in [5.74, 6) is 0.814. The third-order valence-electron chi connectivity index (χ3n) is 6.60. The van der Waals surface area contributed by atoms with Crippen molar-refractivity contribution < 1.29 is 23.8 Å². The molecule has 5 rings (SSSR count). The molecule has 0 aliphatic heterocycles. The van der Waals surface area contributed by atoms with E-state index in [2.05, 4.69) is 25.6 Å². The summed E-state index contributed by atoms with van der Waals surface area (Å²) in [6.45, 7) is 7.53. The molecule has 0 aliphatic carbocycles. The van der Waals surface area contributed by atoms with E-state index < -0.39 is 11.7 Å². The van der Waals surface area contributed by atoms with Crippen molar-refractivity contribution in [3.8, 4) is 22.8 Å². The van der Waals surface area contributed by atoms with Crippen molar-refractivity contribution in [2.75, 3.05) is 17.7 Å². The van der Waals surface area contributed by atoms with Gasteiger partial charge in [0, 0.05) is 34.5 Å². The van der Waals surface area contributed by atoms with Gasteiger partial charge >= 0.3 is 6.09 Å². The standard InChI is InChI=1S/C34H33N5O5/c1-21-26-16-25(24-14-15-30(42-5)35-18-24)17-29(31(26)37-20-36-21)43-19-22-10-12-23(13-11-22)32(40)38-27-8-6-7-9-28(27)39-33(41)44-34(2,3)4/h6-18,20H,19H2,1-5H3,(H,38,40)(H,39,41). The van der Waals surface area contributed by atoms with Crippen LogP contribution >= 0.6 is 0 Å². The zero-order valence-corrected chi connectivity index (χ0v) is 25.2. The number of carbonyl (C=O) groups is 2. The minimum absolute atomic E-state index is 0.257. The van der Waals surface area contributed by atoms with Gasteiger partial charge in [-0.15, -0.1) is 0 Å². The Labute approximate surface area is 255 Å². The third kappa shape index (κ3) is 7.27. The molecule has 0 saturated carbocycles. The van der Waals surface area contributed by atoms with Crippen LogP contribution < -0.4 is 20.1 Å². The first kappa shape index (κ1) is 30.0. The number of nitrogens with zero attached hydrogens (tertiary/aromatic N) is 3. The molecule has 0 spiro atoms. The van der Waals surface area contributed by atoms with Crippen LogP contribution in [-0.4, -0.2) is 39.7 Å². The van der Waals surface area contributed by atoms with Crippen molar-refractivity contribution in [3.05, 3.63) is 102 Å². The van der Waals surface area contributed by atoms with Crippen LogP contribution in [0.3, 0.4) is 0 Å². The predicted molar refractivity (Wildman–Crippen MR) is 169 cm³/mol. The minimum Gasteiger partial charge on any atom is -0.487 e. The number of hydrogen-bond donors (Lipinski definition) is 2. The minimum atomic E-state index is -0.648. The molecule has 2 heterocycles. The summed E-state index contributed by atoms with van der Waals surface area (Å²) in [5, 5.41) is 6.43. The number of nitrogens with one attached hydrogen (secondary N) is 2. The van der Waals surface area contributed by atoms with Crippen molar-refractivity contribution in [1.82, 2.24) is 15.0 Å². The average Bonchev–Trinajstić information content (AvgIpc) is 3.00. The van der Waals surface area contributed by atoms with Crippen LogP contribution in [0.1, 0.15) is 42.4 Å². The molecule has 0 aliphatic rings. The predicted octanol–water partition coefficient (Wildman–Crippen LogP) is 7.19. The van der Waals surface area contributed by atoms with Crippen molar-refractivity contribution in [2.24, 2.45) is 0 Å². The van der Waals surface area contributed by atoms with Crippen molar-refractivity contribution in [2.45, 2.75) is 39.9 Å². The van der Waals surface area contributed by atoms with Gasteiger partial charge in [-0.25, -0.2) is 19.7 Å². The summed E-state index contributed by atoms with van der Waals surface area (Å²) in [6, 6.07) is 21.7. The first-order chi connectivity index (χ1) is 21.1. The van der Waals surface area contributed by atoms with Gasteiger partial charge in [-0.05, 0) is 81.3 Å². The first-order valence-corrected chi connectivity index (χ1v) is 14.0. The summed E-state index contributed by atoms with van der Waals surface area (Å²) in [6.07, 6.45) is 2.66. The molecule has 2 aromatic heterocycles. The third-order valence-corrected chi connectivity index (χ3v) is 6.60. The zero-order valence-electron chi connectivity index (χ0n) is 25.2. The van der Waals surface area contributed by atoms with Crippen LogP contribution in [0.4, 0.5) is 16.2 Å². The number of fused-ring (bicyclic) bond motifs is 1. The normalized spacial score (nSPS) is 11.1. The monoisotopic (exact) mass is 591 g/mol. The zero-order chi connectivity index (χ0) is 31.3. The van der Waals surface area contributed by atoms with Crippen LogP contribution in [0.2, 0.25) is 0 Å². The van der Waals surface area contributed by atoms with Gasteiger partial charge in [-0.1, -0.05) is 24.3 Å². The number of anilines is 2. The van der Waals surface area contributed by atoms with Crippen molar-refractivity contribution in [3.63, 3.8) is 0 Å². The molecule has 2 amide bonds. The summed E-state index contributed by atoms with van der Waals surface area (Å²) in [7, 11) is 1.58. The number of amides is 2. The van der Waals surface area contributed by atoms with Crippen LogP contribution in [0, 0.1) is 6.92 Å². The molecule has 0 fully saturated rings. The van der Waals surface area contributed by atoms with Crippen LogP contribution in [0.25, 0.3) is 22.0 Å². The summed E-state index contributed by atoms with van der Waals surface area (Å²) in [4.78, 5) is 38.5. The molecule has 0 radical (unpaired) electrons. The van der Waals surface area contributed by atoms with E-state index in [1.165, 1.54) is 6.33 Å². The molecule has 3 aromatic carbocycles. The summed E-state index contributed by atoms with van der Waals surface area (Å²) >= 11 is 0. The lowest BCUT2D eigenvalue weighted by atomic mass is 10.0. The Kier molecular flexibility index (Phi) is 8.71. The highest BCUT2D eigenvalue weighted by Crippen LogP contribution is 2.33. The highest BCUT2D eigenvalue weighted by atomic mass is 16.6. The Morgan fingerprint density at radius 2 is 1.57 bits per heavy atom. The van der Waals surface area contributed by atoms with E-state index in [-0.39, 0.29) is 12.5 Å². The Morgan fingerprint density at radius 1 is 0.841 bits per heavy atom. The van der Waals surface area contributed by atoms with E-state index in [1.54, 1.807) is 70.5 Å². The van der Waals surface area contributed by atoms with Gasteiger partial charge in [0.2, 0.25) is 5.88 Å². The molecule has 2 N–H and O–H groups in total. The molecular weight excluding hydrogens is 558 g/mol. The fourth-order valence-corrected chi connectivity index (χ4v) is 4.43. The lowest BCUT2D eigenvalue weighted by molar-refractivity contribution is 0.0635. The van der Waals surface area contributed by atoms with Crippen molar-refractivity contribution in [1.29, 1.82) is 0 Å². The topological polar surface area (TPSA) is 125 Å². The van der Waals surface area contributed by atoms with E-state index in [1.807, 2.05) is 43.3 Å². The average molecular weight is 592 g/mol. The van der Waals surface area contributed by atoms with E-state index in [9.17, 15) is 9.59 Å². The number of carbonyl (C=O) groups excluding carboxylic acids is 2.